The number of nitro groups is 1. The van der Waals surface area contributed by atoms with Gasteiger partial charge in [0.05, 0.1) is 10.5 Å². The van der Waals surface area contributed by atoms with Gasteiger partial charge in [-0.25, -0.2) is 0 Å². The van der Waals surface area contributed by atoms with Crippen molar-refractivity contribution in [3.63, 3.8) is 0 Å². The van der Waals surface area contributed by atoms with Crippen molar-refractivity contribution < 1.29 is 9.72 Å². The number of unbranched alkanes of at least 4 members (excludes halogenated alkanes) is 1. The summed E-state index contributed by atoms with van der Waals surface area (Å²) in [6, 6.07) is 4.26. The Balaban J connectivity index is 2.72. The lowest BCUT2D eigenvalue weighted by atomic mass is 10.1. The van der Waals surface area contributed by atoms with E-state index in [0.29, 0.717) is 6.54 Å². The maximum atomic E-state index is 12.0. The highest BCUT2D eigenvalue weighted by Gasteiger charge is 2.20. The van der Waals surface area contributed by atoms with Gasteiger partial charge < -0.3 is 10.7 Å². The second-order valence-electron chi connectivity index (χ2n) is 4.06. The summed E-state index contributed by atoms with van der Waals surface area (Å²) in [4.78, 5) is 22.3. The smallest absolute Gasteiger partial charge is 0.294 e. The van der Waals surface area contributed by atoms with Gasteiger partial charge in [0.25, 0.3) is 11.6 Å². The molecule has 4 N–H and O–H groups in total. The first-order chi connectivity index (χ1) is 9.61. The molecule has 0 radical (unpaired) electrons. The zero-order valence-corrected chi connectivity index (χ0v) is 12.0. The number of nitrogens with one attached hydrogen (secondary N) is 2. The number of nitrogens with two attached hydrogens (primary N) is 1. The highest BCUT2D eigenvalue weighted by Crippen LogP contribution is 2.27. The average molecular weight is 298 g/mol. The van der Waals surface area contributed by atoms with E-state index in [1.807, 2.05) is 6.26 Å². The number of carbonyl (C=O) groups is 1. The summed E-state index contributed by atoms with van der Waals surface area (Å²) in [5.74, 6) is 5.96. The molecule has 0 aromatic heterocycles. The van der Waals surface area contributed by atoms with Crippen LogP contribution in [0.4, 0.5) is 11.4 Å². The van der Waals surface area contributed by atoms with E-state index < -0.39 is 4.92 Å². The molecule has 7 nitrogen and oxygen atoms in total. The van der Waals surface area contributed by atoms with Gasteiger partial charge >= 0.3 is 0 Å². The minimum absolute atomic E-state index is 0.0270. The summed E-state index contributed by atoms with van der Waals surface area (Å²) < 4.78 is 0. The Morgan fingerprint density at radius 2 is 2.20 bits per heavy atom. The first-order valence-electron chi connectivity index (χ1n) is 6.13. The van der Waals surface area contributed by atoms with Gasteiger partial charge in [-0.05, 0) is 30.9 Å². The Bertz CT molecular complexity index is 482. The van der Waals surface area contributed by atoms with Crippen LogP contribution in [0.5, 0.6) is 0 Å². The third-order valence-corrected chi connectivity index (χ3v) is 3.39. The van der Waals surface area contributed by atoms with Gasteiger partial charge in [0.1, 0.15) is 5.69 Å². The van der Waals surface area contributed by atoms with E-state index in [1.54, 1.807) is 11.8 Å². The van der Waals surface area contributed by atoms with E-state index in [9.17, 15) is 14.9 Å². The standard InChI is InChI=1S/C12H18N4O3S/c1-20-8-3-2-7-14-12(17)9-5-4-6-10(16(18)19)11(9)15-13/h4-6,15H,2-3,7-8,13H2,1H3,(H,14,17). The quantitative estimate of drug-likeness (QED) is 0.292. The molecule has 1 rings (SSSR count). The fourth-order valence-electron chi connectivity index (χ4n) is 1.70. The van der Waals surface area contributed by atoms with Crippen molar-refractivity contribution in [3.05, 3.63) is 33.9 Å². The van der Waals surface area contributed by atoms with Crippen molar-refractivity contribution >= 4 is 29.0 Å². The molecular weight excluding hydrogens is 280 g/mol. The van der Waals surface area contributed by atoms with Gasteiger partial charge in [0.2, 0.25) is 0 Å². The molecule has 0 aliphatic rings. The number of carbonyl (C=O) groups excluding carboxylic acids is 1. The van der Waals surface area contributed by atoms with Crippen molar-refractivity contribution in [1.29, 1.82) is 0 Å². The second-order valence-corrected chi connectivity index (χ2v) is 5.04. The third kappa shape index (κ3) is 4.39. The summed E-state index contributed by atoms with van der Waals surface area (Å²) >= 11 is 1.75. The lowest BCUT2D eigenvalue weighted by molar-refractivity contribution is -0.384. The SMILES string of the molecule is CSCCCCNC(=O)c1cccc([N+](=O)[O-])c1NN. The van der Waals surface area contributed by atoms with Crippen molar-refractivity contribution in [3.8, 4) is 0 Å². The molecule has 0 atom stereocenters. The molecule has 0 spiro atoms. The number of benzene rings is 1. The molecule has 1 aromatic carbocycles. The van der Waals surface area contributed by atoms with Crippen LogP contribution in [0.1, 0.15) is 23.2 Å². The number of thioether (sulfide) groups is 1. The minimum Gasteiger partial charge on any atom is -0.352 e. The predicted molar refractivity (Wildman–Crippen MR) is 80.9 cm³/mol. The molecule has 1 aromatic rings. The molecule has 1 amide bonds. The number of nitrogen functional groups attached to an aromatic ring is 1. The molecule has 0 fully saturated rings. The highest BCUT2D eigenvalue weighted by molar-refractivity contribution is 7.98. The van der Waals surface area contributed by atoms with Crippen molar-refractivity contribution in [1.82, 2.24) is 5.32 Å². The second kappa shape index (κ2) is 8.39. The van der Waals surface area contributed by atoms with Crippen LogP contribution in [0.2, 0.25) is 0 Å². The van der Waals surface area contributed by atoms with Gasteiger partial charge in [0, 0.05) is 12.6 Å². The Kier molecular flexibility index (Phi) is 6.82. The maximum Gasteiger partial charge on any atom is 0.294 e. The first-order valence-corrected chi connectivity index (χ1v) is 7.52. The van der Waals surface area contributed by atoms with Gasteiger partial charge in [-0.2, -0.15) is 11.8 Å². The summed E-state index contributed by atoms with van der Waals surface area (Å²) in [6.45, 7) is 0.534. The molecule has 0 unspecified atom stereocenters. The average Bonchev–Trinajstić information content (AvgIpc) is 2.45. The Morgan fingerprint density at radius 1 is 1.45 bits per heavy atom. The van der Waals surface area contributed by atoms with Crippen LogP contribution in [0.25, 0.3) is 0 Å². The lowest BCUT2D eigenvalue weighted by Crippen LogP contribution is -2.26. The number of para-hydroxylation sites is 1. The number of anilines is 1. The minimum atomic E-state index is -0.579. The van der Waals surface area contributed by atoms with Crippen molar-refractivity contribution in [2.45, 2.75) is 12.8 Å². The van der Waals surface area contributed by atoms with Crippen LogP contribution < -0.4 is 16.6 Å². The third-order valence-electron chi connectivity index (χ3n) is 2.69. The van der Waals surface area contributed by atoms with Crippen LogP contribution in [-0.4, -0.2) is 29.4 Å². The molecule has 0 aliphatic heterocycles. The molecule has 0 heterocycles. The van der Waals surface area contributed by atoms with Crippen LogP contribution in [0.15, 0.2) is 18.2 Å². The fraction of sp³-hybridized carbons (Fsp3) is 0.417. The van der Waals surface area contributed by atoms with E-state index in [4.69, 9.17) is 5.84 Å². The summed E-state index contributed by atoms with van der Waals surface area (Å²) in [6.07, 6.45) is 3.91. The zero-order valence-electron chi connectivity index (χ0n) is 11.2. The number of hydrazine groups is 1. The van der Waals surface area contributed by atoms with Crippen LogP contribution >= 0.6 is 11.8 Å². The molecule has 0 saturated heterocycles. The summed E-state index contributed by atoms with van der Waals surface area (Å²) in [5.41, 5.74) is 2.21. The van der Waals surface area contributed by atoms with Crippen LogP contribution in [0.3, 0.4) is 0 Å². The number of amides is 1. The lowest BCUT2D eigenvalue weighted by Gasteiger charge is -2.09. The largest absolute Gasteiger partial charge is 0.352 e. The Morgan fingerprint density at radius 3 is 2.80 bits per heavy atom. The molecule has 110 valence electrons. The molecular formula is C12H18N4O3S. The number of hydrogen-bond acceptors (Lipinski definition) is 6. The van der Waals surface area contributed by atoms with Crippen LogP contribution in [0, 0.1) is 10.1 Å². The van der Waals surface area contributed by atoms with E-state index in [0.717, 1.165) is 18.6 Å². The molecule has 8 heteroatoms. The van der Waals surface area contributed by atoms with Gasteiger partial charge in [-0.3, -0.25) is 20.8 Å². The molecule has 20 heavy (non-hydrogen) atoms. The van der Waals surface area contributed by atoms with Crippen molar-refractivity contribution in [2.24, 2.45) is 5.84 Å². The first kappa shape index (κ1) is 16.3. The fourth-order valence-corrected chi connectivity index (χ4v) is 2.19. The molecule has 0 saturated carbocycles. The number of rotatable bonds is 8. The Labute approximate surface area is 121 Å². The topological polar surface area (TPSA) is 110 Å². The van der Waals surface area contributed by atoms with E-state index >= 15 is 0 Å². The monoisotopic (exact) mass is 298 g/mol. The predicted octanol–water partition coefficient (Wildman–Crippen LogP) is 1.75. The van der Waals surface area contributed by atoms with E-state index in [-0.39, 0.29) is 22.8 Å². The number of hydrogen-bond donors (Lipinski definition) is 3. The highest BCUT2D eigenvalue weighted by atomic mass is 32.2. The van der Waals surface area contributed by atoms with E-state index in [2.05, 4.69) is 10.7 Å². The summed E-state index contributed by atoms with van der Waals surface area (Å²) in [5, 5.41) is 13.6. The van der Waals surface area contributed by atoms with Crippen LogP contribution in [-0.2, 0) is 0 Å². The van der Waals surface area contributed by atoms with Gasteiger partial charge in [-0.15, -0.1) is 0 Å². The van der Waals surface area contributed by atoms with Gasteiger partial charge in [0.15, 0.2) is 0 Å². The zero-order chi connectivity index (χ0) is 15.0. The molecule has 0 aliphatic carbocycles. The number of nitrogens with zero attached hydrogens (tertiary/aromatic N) is 1. The van der Waals surface area contributed by atoms with E-state index in [1.165, 1.54) is 18.2 Å². The normalized spacial score (nSPS) is 10.1. The molecule has 0 bridgehead atoms. The maximum absolute atomic E-state index is 12.0. The summed E-state index contributed by atoms with van der Waals surface area (Å²) in [7, 11) is 0. The Hall–Kier alpha value is -1.80. The van der Waals surface area contributed by atoms with Crippen molar-refractivity contribution in [2.75, 3.05) is 24.0 Å². The number of nitro benzene ring substituents is 1. The van der Waals surface area contributed by atoms with Gasteiger partial charge in [-0.1, -0.05) is 6.07 Å².